The number of Topliss-reactive ketones (excluding diaryl/α,β-unsaturated/α-hetero) is 1. The summed E-state index contributed by atoms with van der Waals surface area (Å²) in [7, 11) is 3.92. The van der Waals surface area contributed by atoms with Gasteiger partial charge < -0.3 is 29.1 Å². The van der Waals surface area contributed by atoms with Crippen molar-refractivity contribution in [1.82, 2.24) is 9.80 Å². The van der Waals surface area contributed by atoms with E-state index < -0.39 is 17.7 Å². The molecular weight excluding hydrogens is 496 g/mol. The average molecular weight is 529 g/mol. The van der Waals surface area contributed by atoms with Gasteiger partial charge in [-0.25, -0.2) is 0 Å². The number of nitrogens with zero attached hydrogens (tertiary/aromatic N) is 2. The number of ketones is 1. The Morgan fingerprint density at radius 1 is 0.974 bits per heavy atom. The summed E-state index contributed by atoms with van der Waals surface area (Å²) in [4.78, 5) is 30.2. The minimum absolute atomic E-state index is 0.0433. The molecule has 2 heterocycles. The van der Waals surface area contributed by atoms with Crippen LogP contribution in [0.25, 0.3) is 5.76 Å². The molecule has 1 N–H and O–H groups in total. The van der Waals surface area contributed by atoms with Gasteiger partial charge in [-0.1, -0.05) is 42.5 Å². The van der Waals surface area contributed by atoms with Gasteiger partial charge in [-0.2, -0.15) is 0 Å². The van der Waals surface area contributed by atoms with E-state index in [-0.39, 0.29) is 11.3 Å². The summed E-state index contributed by atoms with van der Waals surface area (Å²) in [5.74, 6) is 0.0667. The number of rotatable bonds is 9. The molecule has 2 aliphatic rings. The molecular formula is C31H32N2O6. The van der Waals surface area contributed by atoms with E-state index in [1.165, 1.54) is 0 Å². The first-order valence-electron chi connectivity index (χ1n) is 13.0. The number of hydrogen-bond acceptors (Lipinski definition) is 7. The number of ether oxygens (including phenoxy) is 3. The number of amides is 1. The summed E-state index contributed by atoms with van der Waals surface area (Å²) in [5, 5.41) is 11.4. The van der Waals surface area contributed by atoms with Crippen molar-refractivity contribution in [3.63, 3.8) is 0 Å². The van der Waals surface area contributed by atoms with Crippen LogP contribution in [-0.4, -0.2) is 67.0 Å². The standard InChI is InChI=1S/C31H32N2O6/c1-32(2)14-7-15-33-28(22-10-6-11-24(18-22)39-20-21-8-4-3-5-9-21)27(30(35)31(33)36)29(34)23-12-13-25-26(19-23)38-17-16-37-25/h3-6,8-13,18-19,28,34H,7,14-17,20H2,1-2H3/b29-27+/t28-/m1/s1. The molecule has 8 nitrogen and oxygen atoms in total. The van der Waals surface area contributed by atoms with E-state index in [0.717, 1.165) is 12.1 Å². The van der Waals surface area contributed by atoms with Crippen LogP contribution in [0.1, 0.15) is 29.2 Å². The molecule has 2 aliphatic heterocycles. The van der Waals surface area contributed by atoms with Crippen LogP contribution < -0.4 is 14.2 Å². The molecule has 8 heteroatoms. The van der Waals surface area contributed by atoms with Gasteiger partial charge in [0.1, 0.15) is 31.3 Å². The molecule has 202 valence electrons. The summed E-state index contributed by atoms with van der Waals surface area (Å²) in [6, 6.07) is 21.4. The Kier molecular flexibility index (Phi) is 7.84. The molecule has 0 spiro atoms. The molecule has 0 unspecified atom stereocenters. The van der Waals surface area contributed by atoms with Gasteiger partial charge in [0.05, 0.1) is 11.6 Å². The zero-order valence-corrected chi connectivity index (χ0v) is 22.1. The van der Waals surface area contributed by atoms with Crippen molar-refractivity contribution in [3.05, 3.63) is 95.1 Å². The molecule has 3 aromatic rings. The van der Waals surface area contributed by atoms with E-state index in [1.54, 1.807) is 23.1 Å². The second-order valence-corrected chi connectivity index (χ2v) is 9.85. The zero-order chi connectivity index (χ0) is 27.4. The number of carbonyl (C=O) groups is 2. The van der Waals surface area contributed by atoms with Crippen LogP contribution in [0.5, 0.6) is 17.2 Å². The Bertz CT molecular complexity index is 1380. The minimum atomic E-state index is -0.763. The monoisotopic (exact) mass is 528 g/mol. The minimum Gasteiger partial charge on any atom is -0.507 e. The highest BCUT2D eigenvalue weighted by atomic mass is 16.6. The number of fused-ring (bicyclic) bond motifs is 1. The maximum atomic E-state index is 13.4. The van der Waals surface area contributed by atoms with Crippen molar-refractivity contribution in [3.8, 4) is 17.2 Å². The molecule has 0 aromatic heterocycles. The molecule has 0 bridgehead atoms. The van der Waals surface area contributed by atoms with Gasteiger partial charge in [0, 0.05) is 12.1 Å². The lowest BCUT2D eigenvalue weighted by Gasteiger charge is -2.26. The Labute approximate surface area is 228 Å². The van der Waals surface area contributed by atoms with Crippen molar-refractivity contribution in [2.24, 2.45) is 0 Å². The molecule has 1 amide bonds. The maximum absolute atomic E-state index is 13.4. The first-order valence-corrected chi connectivity index (χ1v) is 13.0. The number of carbonyl (C=O) groups excluding carboxylic acids is 2. The van der Waals surface area contributed by atoms with Crippen LogP contribution in [0.4, 0.5) is 0 Å². The van der Waals surface area contributed by atoms with E-state index in [0.29, 0.717) is 61.2 Å². The number of aliphatic hydroxyl groups is 1. The van der Waals surface area contributed by atoms with Crippen LogP contribution in [-0.2, 0) is 16.2 Å². The van der Waals surface area contributed by atoms with Crippen LogP contribution in [0.15, 0.2) is 78.4 Å². The van der Waals surface area contributed by atoms with Gasteiger partial charge in [0.2, 0.25) is 0 Å². The highest BCUT2D eigenvalue weighted by Gasteiger charge is 2.46. The molecule has 0 saturated carbocycles. The summed E-state index contributed by atoms with van der Waals surface area (Å²) >= 11 is 0. The van der Waals surface area contributed by atoms with E-state index in [4.69, 9.17) is 14.2 Å². The topological polar surface area (TPSA) is 88.5 Å². The van der Waals surface area contributed by atoms with Gasteiger partial charge in [-0.3, -0.25) is 9.59 Å². The molecule has 0 radical (unpaired) electrons. The molecule has 1 atom stereocenters. The third-order valence-corrected chi connectivity index (χ3v) is 6.78. The Morgan fingerprint density at radius 3 is 2.51 bits per heavy atom. The molecule has 1 fully saturated rings. The lowest BCUT2D eigenvalue weighted by Crippen LogP contribution is -2.32. The fraction of sp³-hybridized carbons (Fsp3) is 0.290. The maximum Gasteiger partial charge on any atom is 0.295 e. The van der Waals surface area contributed by atoms with Gasteiger partial charge in [-0.05, 0) is 68.5 Å². The summed E-state index contributed by atoms with van der Waals surface area (Å²) < 4.78 is 17.3. The Morgan fingerprint density at radius 2 is 1.74 bits per heavy atom. The third-order valence-electron chi connectivity index (χ3n) is 6.78. The highest BCUT2D eigenvalue weighted by molar-refractivity contribution is 6.46. The Hall–Kier alpha value is -4.30. The van der Waals surface area contributed by atoms with Crippen molar-refractivity contribution in [1.29, 1.82) is 0 Å². The van der Waals surface area contributed by atoms with Crippen molar-refractivity contribution < 1.29 is 28.9 Å². The van der Waals surface area contributed by atoms with Crippen molar-refractivity contribution >= 4 is 17.4 Å². The average Bonchev–Trinajstić information content (AvgIpc) is 3.21. The quantitative estimate of drug-likeness (QED) is 0.250. The Balaban J connectivity index is 1.52. The van der Waals surface area contributed by atoms with Crippen LogP contribution in [0.3, 0.4) is 0 Å². The second-order valence-electron chi connectivity index (χ2n) is 9.85. The summed E-state index contributed by atoms with van der Waals surface area (Å²) in [6.45, 7) is 2.32. The highest BCUT2D eigenvalue weighted by Crippen LogP contribution is 2.41. The molecule has 0 aliphatic carbocycles. The predicted octanol–water partition coefficient (Wildman–Crippen LogP) is 4.41. The van der Waals surface area contributed by atoms with Crippen LogP contribution in [0.2, 0.25) is 0 Å². The molecule has 3 aromatic carbocycles. The van der Waals surface area contributed by atoms with Gasteiger partial charge in [-0.15, -0.1) is 0 Å². The number of hydrogen-bond donors (Lipinski definition) is 1. The van der Waals surface area contributed by atoms with E-state index in [9.17, 15) is 14.7 Å². The molecule has 1 saturated heterocycles. The fourth-order valence-corrected chi connectivity index (χ4v) is 4.88. The third kappa shape index (κ3) is 5.76. The van der Waals surface area contributed by atoms with E-state index >= 15 is 0 Å². The zero-order valence-electron chi connectivity index (χ0n) is 22.1. The van der Waals surface area contributed by atoms with Crippen molar-refractivity contribution in [2.45, 2.75) is 19.1 Å². The predicted molar refractivity (Wildman–Crippen MR) is 147 cm³/mol. The van der Waals surface area contributed by atoms with E-state index in [1.807, 2.05) is 73.6 Å². The molecule has 39 heavy (non-hydrogen) atoms. The molecule has 5 rings (SSSR count). The first kappa shape index (κ1) is 26.3. The van der Waals surface area contributed by atoms with Gasteiger partial charge in [0.15, 0.2) is 11.5 Å². The summed E-state index contributed by atoms with van der Waals surface area (Å²) in [6.07, 6.45) is 0.671. The number of benzene rings is 3. The largest absolute Gasteiger partial charge is 0.507 e. The first-order chi connectivity index (χ1) is 18.9. The van der Waals surface area contributed by atoms with Gasteiger partial charge in [0.25, 0.3) is 11.7 Å². The number of likely N-dealkylation sites (tertiary alicyclic amines) is 1. The van der Waals surface area contributed by atoms with Crippen LogP contribution >= 0.6 is 0 Å². The fourth-order valence-electron chi connectivity index (χ4n) is 4.88. The lowest BCUT2D eigenvalue weighted by molar-refractivity contribution is -0.139. The van der Waals surface area contributed by atoms with Crippen molar-refractivity contribution in [2.75, 3.05) is 40.4 Å². The normalized spacial score (nSPS) is 18.0. The van der Waals surface area contributed by atoms with Gasteiger partial charge >= 0.3 is 0 Å². The van der Waals surface area contributed by atoms with E-state index in [2.05, 4.69) is 0 Å². The van der Waals surface area contributed by atoms with Crippen LogP contribution in [0, 0.1) is 0 Å². The SMILES string of the molecule is CN(C)CCCN1C(=O)C(=O)/C(=C(/O)c2ccc3c(c2)OCCO3)[C@H]1c1cccc(OCc2ccccc2)c1. The second kappa shape index (κ2) is 11.6. The smallest absolute Gasteiger partial charge is 0.295 e. The lowest BCUT2D eigenvalue weighted by atomic mass is 9.95. The number of aliphatic hydroxyl groups excluding tert-OH is 1. The summed E-state index contributed by atoms with van der Waals surface area (Å²) in [5.41, 5.74) is 2.13.